The van der Waals surface area contributed by atoms with Crippen molar-refractivity contribution in [3.8, 4) is 0 Å². The molecule has 1 aromatic rings. The van der Waals surface area contributed by atoms with Crippen molar-refractivity contribution in [3.05, 3.63) is 34.6 Å². The Balaban J connectivity index is 2.19. The van der Waals surface area contributed by atoms with Gasteiger partial charge in [-0.05, 0) is 37.1 Å². The number of nitrogens with two attached hydrogens (primary N) is 1. The highest BCUT2D eigenvalue weighted by Gasteiger charge is 2.33. The smallest absolute Gasteiger partial charge is 0.234 e. The normalized spacial score (nSPS) is 25.1. The lowest BCUT2D eigenvalue weighted by atomic mass is 9.96. The SMILES string of the molecule is CN1C[C@@H](c2ccc(Cl)c(F)c2)CC1C(N)=O. The summed E-state index contributed by atoms with van der Waals surface area (Å²) in [7, 11) is 1.85. The van der Waals surface area contributed by atoms with Crippen LogP contribution in [0.25, 0.3) is 0 Å². The Kier molecular flexibility index (Phi) is 3.35. The van der Waals surface area contributed by atoms with E-state index in [-0.39, 0.29) is 22.9 Å². The van der Waals surface area contributed by atoms with Gasteiger partial charge in [0, 0.05) is 6.54 Å². The fourth-order valence-corrected chi connectivity index (χ4v) is 2.46. The van der Waals surface area contributed by atoms with Gasteiger partial charge in [0.1, 0.15) is 5.82 Å². The standard InChI is InChI=1S/C12H14ClFN2O/c1-16-6-8(5-11(16)12(15)17)7-2-3-9(13)10(14)4-7/h2-4,8,11H,5-6H2,1H3,(H2,15,17)/t8-,11?/m0/s1. The van der Waals surface area contributed by atoms with Gasteiger partial charge in [0.25, 0.3) is 0 Å². The molecule has 1 heterocycles. The maximum Gasteiger partial charge on any atom is 0.234 e. The average molecular weight is 257 g/mol. The number of carbonyl (C=O) groups is 1. The second-order valence-corrected chi connectivity index (χ2v) is 4.87. The zero-order valence-electron chi connectivity index (χ0n) is 9.49. The van der Waals surface area contributed by atoms with Gasteiger partial charge in [0.2, 0.25) is 5.91 Å². The third-order valence-corrected chi connectivity index (χ3v) is 3.60. The van der Waals surface area contributed by atoms with Crippen LogP contribution in [0, 0.1) is 5.82 Å². The van der Waals surface area contributed by atoms with Crippen LogP contribution in [0.5, 0.6) is 0 Å². The van der Waals surface area contributed by atoms with Crippen LogP contribution >= 0.6 is 11.6 Å². The van der Waals surface area contributed by atoms with E-state index < -0.39 is 5.82 Å². The third-order valence-electron chi connectivity index (χ3n) is 3.29. The maximum atomic E-state index is 13.3. The maximum absolute atomic E-state index is 13.3. The van der Waals surface area contributed by atoms with Gasteiger partial charge in [-0.1, -0.05) is 17.7 Å². The molecule has 1 aromatic carbocycles. The first-order valence-electron chi connectivity index (χ1n) is 5.43. The molecule has 1 aliphatic heterocycles. The zero-order chi connectivity index (χ0) is 12.6. The van der Waals surface area contributed by atoms with Crippen LogP contribution in [0.4, 0.5) is 4.39 Å². The first kappa shape index (κ1) is 12.3. The molecule has 1 fully saturated rings. The Morgan fingerprint density at radius 1 is 1.59 bits per heavy atom. The van der Waals surface area contributed by atoms with E-state index in [2.05, 4.69) is 0 Å². The van der Waals surface area contributed by atoms with Crippen LogP contribution in [-0.2, 0) is 4.79 Å². The van der Waals surface area contributed by atoms with Crippen molar-refractivity contribution in [1.82, 2.24) is 4.90 Å². The van der Waals surface area contributed by atoms with Crippen molar-refractivity contribution in [1.29, 1.82) is 0 Å². The molecule has 0 radical (unpaired) electrons. The van der Waals surface area contributed by atoms with Crippen molar-refractivity contribution in [2.75, 3.05) is 13.6 Å². The Labute approximate surface area is 104 Å². The summed E-state index contributed by atoms with van der Waals surface area (Å²) in [6.45, 7) is 0.703. The molecule has 3 nitrogen and oxygen atoms in total. The van der Waals surface area contributed by atoms with Crippen molar-refractivity contribution in [2.24, 2.45) is 5.73 Å². The molecular weight excluding hydrogens is 243 g/mol. The van der Waals surface area contributed by atoms with Crippen molar-refractivity contribution in [2.45, 2.75) is 18.4 Å². The topological polar surface area (TPSA) is 46.3 Å². The lowest BCUT2D eigenvalue weighted by Gasteiger charge is -2.14. The van der Waals surface area contributed by atoms with Gasteiger partial charge >= 0.3 is 0 Å². The monoisotopic (exact) mass is 256 g/mol. The molecule has 2 rings (SSSR count). The lowest BCUT2D eigenvalue weighted by Crippen LogP contribution is -2.37. The number of likely N-dealkylation sites (tertiary alicyclic amines) is 1. The number of amides is 1. The Hall–Kier alpha value is -1.13. The predicted molar refractivity (Wildman–Crippen MR) is 64.4 cm³/mol. The summed E-state index contributed by atoms with van der Waals surface area (Å²) in [6.07, 6.45) is 0.632. The quantitative estimate of drug-likeness (QED) is 0.876. The largest absolute Gasteiger partial charge is 0.368 e. The lowest BCUT2D eigenvalue weighted by molar-refractivity contribution is -0.121. The Morgan fingerprint density at radius 2 is 2.29 bits per heavy atom. The third kappa shape index (κ3) is 2.42. The molecule has 1 saturated heterocycles. The average Bonchev–Trinajstić information content (AvgIpc) is 2.64. The van der Waals surface area contributed by atoms with Crippen molar-refractivity contribution < 1.29 is 9.18 Å². The first-order valence-corrected chi connectivity index (χ1v) is 5.81. The fourth-order valence-electron chi connectivity index (χ4n) is 2.34. The van der Waals surface area contributed by atoms with Crippen LogP contribution in [-0.4, -0.2) is 30.4 Å². The van der Waals surface area contributed by atoms with Crippen LogP contribution in [0.15, 0.2) is 18.2 Å². The summed E-state index contributed by atoms with van der Waals surface area (Å²) in [5, 5.41) is 0.117. The van der Waals surface area contributed by atoms with Crippen LogP contribution in [0.2, 0.25) is 5.02 Å². The molecule has 1 unspecified atom stereocenters. The zero-order valence-corrected chi connectivity index (χ0v) is 10.2. The van der Waals surface area contributed by atoms with E-state index in [1.165, 1.54) is 6.07 Å². The highest BCUT2D eigenvalue weighted by atomic mass is 35.5. The molecule has 1 amide bonds. The molecule has 0 saturated carbocycles. The summed E-state index contributed by atoms with van der Waals surface area (Å²) in [5.41, 5.74) is 6.17. The number of benzene rings is 1. The van der Waals surface area contributed by atoms with Crippen molar-refractivity contribution in [3.63, 3.8) is 0 Å². The molecule has 0 aromatic heterocycles. The fraction of sp³-hybridized carbons (Fsp3) is 0.417. The predicted octanol–water partition coefficient (Wildman–Crippen LogP) is 1.75. The molecule has 2 N–H and O–H groups in total. The molecule has 5 heteroatoms. The minimum atomic E-state index is -0.422. The van der Waals surface area contributed by atoms with Gasteiger partial charge in [-0.2, -0.15) is 0 Å². The number of halogens is 2. The minimum Gasteiger partial charge on any atom is -0.368 e. The molecule has 2 atom stereocenters. The number of primary amides is 1. The Morgan fingerprint density at radius 3 is 2.82 bits per heavy atom. The molecule has 1 aliphatic rings. The highest BCUT2D eigenvalue weighted by molar-refractivity contribution is 6.30. The van der Waals surface area contributed by atoms with Gasteiger partial charge in [-0.3, -0.25) is 9.69 Å². The summed E-state index contributed by atoms with van der Waals surface area (Å²) in [6, 6.07) is 4.51. The summed E-state index contributed by atoms with van der Waals surface area (Å²) in [5.74, 6) is -0.622. The van der Waals surface area contributed by atoms with E-state index in [4.69, 9.17) is 17.3 Å². The van der Waals surface area contributed by atoms with E-state index >= 15 is 0 Å². The van der Waals surface area contributed by atoms with Gasteiger partial charge in [-0.25, -0.2) is 4.39 Å². The van der Waals surface area contributed by atoms with E-state index in [9.17, 15) is 9.18 Å². The molecule has 0 aliphatic carbocycles. The van der Waals surface area contributed by atoms with Crippen LogP contribution in [0.1, 0.15) is 17.9 Å². The van der Waals surface area contributed by atoms with E-state index in [1.54, 1.807) is 12.1 Å². The second-order valence-electron chi connectivity index (χ2n) is 4.46. The van der Waals surface area contributed by atoms with Crippen molar-refractivity contribution >= 4 is 17.5 Å². The van der Waals surface area contributed by atoms with Gasteiger partial charge in [0.05, 0.1) is 11.1 Å². The van der Waals surface area contributed by atoms with Crippen LogP contribution < -0.4 is 5.73 Å². The van der Waals surface area contributed by atoms with Gasteiger partial charge in [0.15, 0.2) is 0 Å². The van der Waals surface area contributed by atoms with E-state index in [0.717, 1.165) is 5.56 Å². The molecule has 17 heavy (non-hydrogen) atoms. The minimum absolute atomic E-state index is 0.117. The van der Waals surface area contributed by atoms with Gasteiger partial charge < -0.3 is 5.73 Å². The molecule has 92 valence electrons. The number of likely N-dealkylation sites (N-methyl/N-ethyl adjacent to an activating group) is 1. The highest BCUT2D eigenvalue weighted by Crippen LogP contribution is 2.32. The molecule has 0 bridgehead atoms. The second kappa shape index (κ2) is 4.63. The number of hydrogen-bond donors (Lipinski definition) is 1. The van der Waals surface area contributed by atoms with E-state index in [0.29, 0.717) is 13.0 Å². The molecule has 0 spiro atoms. The summed E-state index contributed by atoms with van der Waals surface area (Å²) >= 11 is 5.64. The number of carbonyl (C=O) groups excluding carboxylic acids is 1. The Bertz CT molecular complexity index is 452. The summed E-state index contributed by atoms with van der Waals surface area (Å²) < 4.78 is 13.3. The summed E-state index contributed by atoms with van der Waals surface area (Å²) in [4.78, 5) is 13.1. The first-order chi connectivity index (χ1) is 7.99. The number of rotatable bonds is 2. The number of nitrogens with zero attached hydrogens (tertiary/aromatic N) is 1. The van der Waals surface area contributed by atoms with Crippen LogP contribution in [0.3, 0.4) is 0 Å². The molecular formula is C12H14ClFN2O. The van der Waals surface area contributed by atoms with Gasteiger partial charge in [-0.15, -0.1) is 0 Å². The van der Waals surface area contributed by atoms with E-state index in [1.807, 2.05) is 11.9 Å². The number of hydrogen-bond acceptors (Lipinski definition) is 2.